The molecule has 3 aromatic heterocycles. The van der Waals surface area contributed by atoms with E-state index in [1.54, 1.807) is 23.0 Å². The number of allylic oxidation sites excluding steroid dienone is 1. The van der Waals surface area contributed by atoms with Crippen LogP contribution in [0.1, 0.15) is 42.8 Å². The largest absolute Gasteiger partial charge is 0.381 e. The van der Waals surface area contributed by atoms with Crippen molar-refractivity contribution in [3.05, 3.63) is 103 Å². The van der Waals surface area contributed by atoms with Gasteiger partial charge in [-0.15, -0.1) is 11.3 Å². The summed E-state index contributed by atoms with van der Waals surface area (Å²) in [5.74, 6) is 0.382. The van der Waals surface area contributed by atoms with Crippen molar-refractivity contribution < 1.29 is 0 Å². The maximum Gasteiger partial charge on any atom is 0.260 e. The van der Waals surface area contributed by atoms with Crippen LogP contribution in [-0.4, -0.2) is 50.1 Å². The summed E-state index contributed by atoms with van der Waals surface area (Å²) in [5.41, 5.74) is 5.04. The lowest BCUT2D eigenvalue weighted by Gasteiger charge is -2.27. The number of likely N-dealkylation sites (tertiary alicyclic amines) is 1. The summed E-state index contributed by atoms with van der Waals surface area (Å²) in [6.45, 7) is 9.35. The predicted octanol–water partition coefficient (Wildman–Crippen LogP) is 7.46. The first-order valence-electron chi connectivity index (χ1n) is 15.4. The molecule has 5 aromatic rings. The fraction of sp³-hybridized carbons (Fsp3) is 0.294. The Hall–Kier alpha value is -3.96. The minimum absolute atomic E-state index is 0.149. The van der Waals surface area contributed by atoms with E-state index in [4.69, 9.17) is 28.2 Å². The number of aromatic nitrogens is 4. The molecule has 236 valence electrons. The van der Waals surface area contributed by atoms with Crippen LogP contribution in [-0.2, 0) is 6.54 Å². The van der Waals surface area contributed by atoms with E-state index < -0.39 is 0 Å². The summed E-state index contributed by atoms with van der Waals surface area (Å²) in [6, 6.07) is 14.3. The molecule has 2 fully saturated rings. The number of thiazole rings is 1. The van der Waals surface area contributed by atoms with Crippen molar-refractivity contribution in [3.8, 4) is 11.1 Å². The van der Waals surface area contributed by atoms with Gasteiger partial charge in [0.25, 0.3) is 5.56 Å². The fourth-order valence-corrected chi connectivity index (χ4v) is 7.73. The number of fused-ring (bicyclic) bond motifs is 1. The lowest BCUT2D eigenvalue weighted by atomic mass is 9.99. The predicted molar refractivity (Wildman–Crippen MR) is 189 cm³/mol. The molecule has 3 N–H and O–H groups in total. The molecule has 2 unspecified atom stereocenters. The van der Waals surface area contributed by atoms with Gasteiger partial charge in [0.1, 0.15) is 10.7 Å². The number of nitrogens with zero attached hydrogens (tertiary/aromatic N) is 5. The number of halogens is 2. The third-order valence-electron chi connectivity index (χ3n) is 8.64. The Kier molecular flexibility index (Phi) is 8.70. The first-order valence-corrected chi connectivity index (χ1v) is 17.0. The zero-order chi connectivity index (χ0) is 31.8. The number of pyridine rings is 1. The van der Waals surface area contributed by atoms with Crippen LogP contribution in [0.3, 0.4) is 0 Å². The van der Waals surface area contributed by atoms with Gasteiger partial charge in [0.2, 0.25) is 5.95 Å². The van der Waals surface area contributed by atoms with E-state index in [2.05, 4.69) is 37.4 Å². The molecule has 5 heterocycles. The van der Waals surface area contributed by atoms with Gasteiger partial charge < -0.3 is 20.9 Å². The molecule has 0 spiro atoms. The molecule has 9 nitrogen and oxygen atoms in total. The smallest absolute Gasteiger partial charge is 0.260 e. The van der Waals surface area contributed by atoms with Crippen molar-refractivity contribution in [2.24, 2.45) is 0 Å². The quantitative estimate of drug-likeness (QED) is 0.148. The minimum Gasteiger partial charge on any atom is -0.381 e. The molecule has 12 heteroatoms. The van der Waals surface area contributed by atoms with Gasteiger partial charge in [0.05, 0.1) is 28.2 Å². The Morgan fingerprint density at radius 1 is 1.11 bits per heavy atom. The SMILES string of the molecule is C=C(C)N1CCCC1c1cc(Cl)c(-c2cc3cnc(Nc4ccc(NC5CCNC5)cc4)nc3n(Cc3nccs3)c2=O)c(Cl)c1. The van der Waals surface area contributed by atoms with E-state index in [-0.39, 0.29) is 18.1 Å². The Labute approximate surface area is 281 Å². The lowest BCUT2D eigenvalue weighted by molar-refractivity contribution is 0.329. The van der Waals surface area contributed by atoms with Crippen molar-refractivity contribution in [2.45, 2.75) is 44.8 Å². The van der Waals surface area contributed by atoms with Crippen molar-refractivity contribution in [3.63, 3.8) is 0 Å². The number of nitrogens with one attached hydrogen (secondary N) is 3. The third-order valence-corrected chi connectivity index (χ3v) is 10.00. The van der Waals surface area contributed by atoms with Crippen LogP contribution < -0.4 is 21.5 Å². The van der Waals surface area contributed by atoms with Gasteiger partial charge >= 0.3 is 0 Å². The van der Waals surface area contributed by atoms with Gasteiger partial charge in [-0.2, -0.15) is 4.98 Å². The summed E-state index contributed by atoms with van der Waals surface area (Å²) >= 11 is 15.3. The van der Waals surface area contributed by atoms with Gasteiger partial charge in [-0.05, 0) is 80.8 Å². The van der Waals surface area contributed by atoms with Crippen LogP contribution in [0, 0.1) is 0 Å². The molecule has 7 rings (SSSR count). The molecule has 2 atom stereocenters. The van der Waals surface area contributed by atoms with E-state index in [1.165, 1.54) is 11.3 Å². The van der Waals surface area contributed by atoms with Gasteiger partial charge in [0, 0.05) is 64.9 Å². The Morgan fingerprint density at radius 3 is 2.59 bits per heavy atom. The number of hydrogen-bond acceptors (Lipinski definition) is 9. The average molecular weight is 674 g/mol. The molecule has 2 aromatic carbocycles. The molecule has 0 radical (unpaired) electrons. The highest BCUT2D eigenvalue weighted by Crippen LogP contribution is 2.41. The second kappa shape index (κ2) is 13.0. The van der Waals surface area contributed by atoms with E-state index in [0.717, 1.165) is 66.5 Å². The summed E-state index contributed by atoms with van der Waals surface area (Å²) in [4.78, 5) is 30.4. The molecule has 0 aliphatic carbocycles. The normalized spacial score (nSPS) is 17.9. The average Bonchev–Trinajstić information content (AvgIpc) is 3.84. The van der Waals surface area contributed by atoms with Gasteiger partial charge in [-0.25, -0.2) is 9.97 Å². The molecule has 2 aliphatic rings. The molecule has 0 amide bonds. The van der Waals surface area contributed by atoms with Crippen LogP contribution in [0.5, 0.6) is 0 Å². The Balaban J connectivity index is 1.24. The Bertz CT molecular complexity index is 1930. The van der Waals surface area contributed by atoms with Gasteiger partial charge in [-0.1, -0.05) is 29.8 Å². The number of hydrogen-bond donors (Lipinski definition) is 3. The highest BCUT2D eigenvalue weighted by atomic mass is 35.5. The second-order valence-electron chi connectivity index (χ2n) is 11.8. The van der Waals surface area contributed by atoms with Crippen LogP contribution in [0.4, 0.5) is 17.3 Å². The molecule has 0 bridgehead atoms. The molecular weight excluding hydrogens is 639 g/mol. The van der Waals surface area contributed by atoms with Crippen molar-refractivity contribution in [1.29, 1.82) is 0 Å². The lowest BCUT2D eigenvalue weighted by Crippen LogP contribution is -2.24. The zero-order valence-corrected chi connectivity index (χ0v) is 27.7. The number of anilines is 3. The van der Waals surface area contributed by atoms with Crippen LogP contribution in [0.25, 0.3) is 22.2 Å². The molecule has 0 saturated carbocycles. The zero-order valence-electron chi connectivity index (χ0n) is 25.4. The fourth-order valence-electron chi connectivity index (χ4n) is 6.42. The minimum atomic E-state index is -0.259. The first kappa shape index (κ1) is 30.7. The topological polar surface area (TPSA) is 100 Å². The van der Waals surface area contributed by atoms with Crippen molar-refractivity contribution in [1.82, 2.24) is 29.7 Å². The van der Waals surface area contributed by atoms with E-state index >= 15 is 0 Å². The highest BCUT2D eigenvalue weighted by Gasteiger charge is 2.28. The van der Waals surface area contributed by atoms with E-state index in [1.807, 2.05) is 48.7 Å². The van der Waals surface area contributed by atoms with Crippen LogP contribution in [0.2, 0.25) is 10.0 Å². The van der Waals surface area contributed by atoms with Gasteiger partial charge in [0.15, 0.2) is 0 Å². The Morgan fingerprint density at radius 2 is 1.89 bits per heavy atom. The second-order valence-corrected chi connectivity index (χ2v) is 13.6. The number of rotatable bonds is 9. The summed E-state index contributed by atoms with van der Waals surface area (Å²) < 4.78 is 1.62. The summed E-state index contributed by atoms with van der Waals surface area (Å²) in [5, 5.41) is 14.4. The first-order chi connectivity index (χ1) is 22.3. The molecule has 46 heavy (non-hydrogen) atoms. The van der Waals surface area contributed by atoms with Gasteiger partial charge in [-0.3, -0.25) is 9.36 Å². The highest BCUT2D eigenvalue weighted by molar-refractivity contribution is 7.09. The molecule has 2 aliphatic heterocycles. The van der Waals surface area contributed by atoms with E-state index in [9.17, 15) is 4.79 Å². The maximum absolute atomic E-state index is 14.3. The van der Waals surface area contributed by atoms with E-state index in [0.29, 0.717) is 44.2 Å². The maximum atomic E-state index is 14.3. The molecule has 2 saturated heterocycles. The van der Waals surface area contributed by atoms with Crippen molar-refractivity contribution >= 4 is 62.9 Å². The summed E-state index contributed by atoms with van der Waals surface area (Å²) in [7, 11) is 0. The summed E-state index contributed by atoms with van der Waals surface area (Å²) in [6.07, 6.45) is 6.60. The molecular formula is C34H34Cl2N8OS. The van der Waals surface area contributed by atoms with Crippen LogP contribution in [0.15, 0.2) is 77.3 Å². The standard InChI is InChI=1S/C34H34Cl2N8OS/c1-20(2)43-12-3-4-29(43)21-15-27(35)31(28(36)16-21)26-14-22-17-39-34(42-32(22)44(33(26)45)19-30-38-11-13-46-30)41-24-7-5-23(6-8-24)40-25-9-10-37-18-25/h5-8,11,13-17,25,29,37,40H,1,3-4,9-10,12,18-19H2,2H3,(H,39,41,42). The third kappa shape index (κ3) is 6.22. The number of benzene rings is 2. The van der Waals surface area contributed by atoms with Crippen molar-refractivity contribution in [2.75, 3.05) is 30.3 Å². The van der Waals surface area contributed by atoms with Crippen LogP contribution >= 0.6 is 34.5 Å². The monoisotopic (exact) mass is 672 g/mol.